The summed E-state index contributed by atoms with van der Waals surface area (Å²) in [5.74, 6) is 0.690. The van der Waals surface area contributed by atoms with Gasteiger partial charge in [0, 0.05) is 24.7 Å². The van der Waals surface area contributed by atoms with Gasteiger partial charge in [-0.1, -0.05) is 12.1 Å². The summed E-state index contributed by atoms with van der Waals surface area (Å²) in [6, 6.07) is 6.41. The largest absolute Gasteiger partial charge is 0.322 e. The number of benzene rings is 1. The molecule has 0 N–H and O–H groups in total. The van der Waals surface area contributed by atoms with E-state index >= 15 is 0 Å². The number of hydrogen-bond donors (Lipinski definition) is 0. The summed E-state index contributed by atoms with van der Waals surface area (Å²) >= 11 is 3.33. The number of imidazole rings is 1. The van der Waals surface area contributed by atoms with Crippen molar-refractivity contribution in [2.24, 2.45) is 7.05 Å². The third kappa shape index (κ3) is 1.83. The van der Waals surface area contributed by atoms with E-state index in [9.17, 15) is 10.1 Å². The second-order valence-electron chi connectivity index (χ2n) is 3.27. The van der Waals surface area contributed by atoms with Gasteiger partial charge in [0.1, 0.15) is 10.4 Å². The number of nitro groups is 1. The van der Waals surface area contributed by atoms with Crippen LogP contribution < -0.4 is 0 Å². The quantitative estimate of drug-likeness (QED) is 0.628. The number of non-ortho nitro benzene ring substituents is 1. The van der Waals surface area contributed by atoms with Gasteiger partial charge in [-0.05, 0) is 15.9 Å². The van der Waals surface area contributed by atoms with Crippen molar-refractivity contribution in [3.63, 3.8) is 0 Å². The van der Waals surface area contributed by atoms with Crippen molar-refractivity contribution in [2.45, 2.75) is 0 Å². The number of nitro benzene ring substituents is 1. The van der Waals surface area contributed by atoms with Crippen LogP contribution in [0.15, 0.2) is 35.1 Å². The molecule has 1 aromatic heterocycles. The van der Waals surface area contributed by atoms with Gasteiger partial charge in [-0.3, -0.25) is 10.1 Å². The van der Waals surface area contributed by atoms with Crippen LogP contribution in [0.5, 0.6) is 0 Å². The molecule has 0 bridgehead atoms. The smallest absolute Gasteiger partial charge is 0.270 e. The van der Waals surface area contributed by atoms with Crippen molar-refractivity contribution in [1.82, 2.24) is 9.55 Å². The third-order valence-electron chi connectivity index (χ3n) is 2.25. The van der Waals surface area contributed by atoms with Crippen LogP contribution in [0.4, 0.5) is 5.69 Å². The molecule has 0 radical (unpaired) electrons. The summed E-state index contributed by atoms with van der Waals surface area (Å²) in [5.41, 5.74) is 0.791. The first-order valence-electron chi connectivity index (χ1n) is 4.51. The zero-order valence-corrected chi connectivity index (χ0v) is 10.0. The summed E-state index contributed by atoms with van der Waals surface area (Å²) in [4.78, 5) is 14.4. The summed E-state index contributed by atoms with van der Waals surface area (Å²) in [6.45, 7) is 0. The summed E-state index contributed by atoms with van der Waals surface area (Å²) < 4.78 is 2.65. The molecule has 0 atom stereocenters. The molecule has 2 rings (SSSR count). The zero-order chi connectivity index (χ0) is 11.7. The van der Waals surface area contributed by atoms with Crippen LogP contribution in [-0.4, -0.2) is 14.5 Å². The molecule has 0 aliphatic heterocycles. The summed E-state index contributed by atoms with van der Waals surface area (Å²) in [6.07, 6.45) is 1.66. The monoisotopic (exact) mass is 281 g/mol. The van der Waals surface area contributed by atoms with Gasteiger partial charge in [0.05, 0.1) is 11.1 Å². The number of halogens is 1. The predicted molar refractivity (Wildman–Crippen MR) is 63.0 cm³/mol. The van der Waals surface area contributed by atoms with Crippen molar-refractivity contribution < 1.29 is 4.92 Å². The first-order chi connectivity index (χ1) is 7.59. The van der Waals surface area contributed by atoms with Crippen molar-refractivity contribution in [2.75, 3.05) is 0 Å². The molecule has 0 aliphatic rings. The molecular formula is C10H8BrN3O2. The Hall–Kier alpha value is -1.69. The third-order valence-corrected chi connectivity index (χ3v) is 2.98. The molecule has 0 spiro atoms. The second-order valence-corrected chi connectivity index (χ2v) is 4.08. The Balaban J connectivity index is 2.52. The highest BCUT2D eigenvalue weighted by molar-refractivity contribution is 9.10. The predicted octanol–water partition coefficient (Wildman–Crippen LogP) is 2.76. The van der Waals surface area contributed by atoms with E-state index in [1.807, 2.05) is 11.6 Å². The van der Waals surface area contributed by atoms with E-state index in [4.69, 9.17) is 0 Å². The fraction of sp³-hybridized carbons (Fsp3) is 0.100. The highest BCUT2D eigenvalue weighted by atomic mass is 79.9. The molecule has 1 heterocycles. The molecule has 6 heteroatoms. The van der Waals surface area contributed by atoms with E-state index in [-0.39, 0.29) is 5.69 Å². The van der Waals surface area contributed by atoms with Crippen molar-refractivity contribution in [3.8, 4) is 11.4 Å². The molecule has 0 unspecified atom stereocenters. The number of hydrogen-bond acceptors (Lipinski definition) is 3. The maximum atomic E-state index is 10.6. The van der Waals surface area contributed by atoms with Crippen molar-refractivity contribution >= 4 is 21.6 Å². The molecular weight excluding hydrogens is 274 g/mol. The van der Waals surface area contributed by atoms with E-state index in [2.05, 4.69) is 20.9 Å². The number of aromatic nitrogens is 2. The minimum atomic E-state index is -0.415. The molecule has 16 heavy (non-hydrogen) atoms. The molecule has 82 valence electrons. The molecule has 5 nitrogen and oxygen atoms in total. The minimum Gasteiger partial charge on any atom is -0.322 e. The minimum absolute atomic E-state index is 0.0663. The molecule has 0 saturated carbocycles. The standard InChI is InChI=1S/C10H8BrN3O2/c1-13-9(11)6-12-10(13)7-3-2-4-8(5-7)14(15)16/h2-6H,1H3. The Morgan fingerprint density at radius 2 is 2.25 bits per heavy atom. The van der Waals surface area contributed by atoms with Crippen LogP contribution in [0.25, 0.3) is 11.4 Å². The molecule has 0 fully saturated rings. The van der Waals surface area contributed by atoms with Gasteiger partial charge in [-0.25, -0.2) is 4.98 Å². The molecule has 1 aromatic carbocycles. The van der Waals surface area contributed by atoms with Crippen LogP contribution in [0.3, 0.4) is 0 Å². The lowest BCUT2D eigenvalue weighted by Crippen LogP contribution is -1.94. The highest BCUT2D eigenvalue weighted by Gasteiger charge is 2.11. The topological polar surface area (TPSA) is 61.0 Å². The first-order valence-corrected chi connectivity index (χ1v) is 5.31. The normalized spacial score (nSPS) is 10.4. The number of rotatable bonds is 2. The van der Waals surface area contributed by atoms with E-state index in [1.165, 1.54) is 12.1 Å². The van der Waals surface area contributed by atoms with Gasteiger partial charge in [-0.2, -0.15) is 0 Å². The number of nitrogens with zero attached hydrogens (tertiary/aromatic N) is 3. The fourth-order valence-corrected chi connectivity index (χ4v) is 1.69. The van der Waals surface area contributed by atoms with Crippen molar-refractivity contribution in [3.05, 3.63) is 45.2 Å². The molecule has 0 amide bonds. The van der Waals surface area contributed by atoms with E-state index in [0.717, 1.165) is 10.2 Å². The summed E-state index contributed by atoms with van der Waals surface area (Å²) in [7, 11) is 1.84. The van der Waals surface area contributed by atoms with E-state index < -0.39 is 4.92 Å². The Bertz CT molecular complexity index is 551. The van der Waals surface area contributed by atoms with Gasteiger partial charge < -0.3 is 4.57 Å². The molecule has 0 saturated heterocycles. The van der Waals surface area contributed by atoms with Crippen molar-refractivity contribution in [1.29, 1.82) is 0 Å². The van der Waals surface area contributed by atoms with Crippen LogP contribution in [0.2, 0.25) is 0 Å². The average Bonchev–Trinajstić information content (AvgIpc) is 2.60. The molecule has 2 aromatic rings. The lowest BCUT2D eigenvalue weighted by Gasteiger charge is -2.02. The highest BCUT2D eigenvalue weighted by Crippen LogP contribution is 2.24. The lowest BCUT2D eigenvalue weighted by molar-refractivity contribution is -0.384. The van der Waals surface area contributed by atoms with Gasteiger partial charge in [0.15, 0.2) is 0 Å². The van der Waals surface area contributed by atoms with Gasteiger partial charge in [-0.15, -0.1) is 0 Å². The van der Waals surface area contributed by atoms with Crippen LogP contribution >= 0.6 is 15.9 Å². The van der Waals surface area contributed by atoms with Gasteiger partial charge in [0.2, 0.25) is 0 Å². The second kappa shape index (κ2) is 4.05. The maximum absolute atomic E-state index is 10.6. The first kappa shape index (κ1) is 10.8. The van der Waals surface area contributed by atoms with E-state index in [1.54, 1.807) is 18.3 Å². The van der Waals surface area contributed by atoms with E-state index in [0.29, 0.717) is 5.82 Å². The Labute approximate surface area is 100 Å². The van der Waals surface area contributed by atoms with Crippen LogP contribution in [0, 0.1) is 10.1 Å². The zero-order valence-electron chi connectivity index (χ0n) is 8.42. The Morgan fingerprint density at radius 1 is 1.50 bits per heavy atom. The van der Waals surface area contributed by atoms with Gasteiger partial charge in [0.25, 0.3) is 5.69 Å². The summed E-state index contributed by atoms with van der Waals surface area (Å²) in [5, 5.41) is 10.6. The fourth-order valence-electron chi connectivity index (χ4n) is 1.42. The van der Waals surface area contributed by atoms with Crippen LogP contribution in [0.1, 0.15) is 0 Å². The Kier molecular flexibility index (Phi) is 2.74. The maximum Gasteiger partial charge on any atom is 0.270 e. The molecule has 0 aliphatic carbocycles. The van der Waals surface area contributed by atoms with Crippen LogP contribution in [-0.2, 0) is 7.05 Å². The Morgan fingerprint density at radius 3 is 2.81 bits per heavy atom. The van der Waals surface area contributed by atoms with Gasteiger partial charge >= 0.3 is 0 Å². The lowest BCUT2D eigenvalue weighted by atomic mass is 10.2. The average molecular weight is 282 g/mol. The SMILES string of the molecule is Cn1c(Br)cnc1-c1cccc([N+](=O)[O-])c1.